The van der Waals surface area contributed by atoms with Gasteiger partial charge in [-0.25, -0.2) is 4.98 Å². The molecule has 1 aromatic carbocycles. The van der Waals surface area contributed by atoms with E-state index in [0.29, 0.717) is 28.6 Å². The van der Waals surface area contributed by atoms with Crippen LogP contribution in [0.2, 0.25) is 0 Å². The second kappa shape index (κ2) is 8.67. The highest BCUT2D eigenvalue weighted by Gasteiger charge is 2.23. The van der Waals surface area contributed by atoms with E-state index in [1.165, 1.54) is 0 Å². The van der Waals surface area contributed by atoms with Gasteiger partial charge in [0.25, 0.3) is 5.56 Å². The molecule has 178 valence electrons. The van der Waals surface area contributed by atoms with Crippen LogP contribution in [-0.2, 0) is 0 Å². The number of pyridine rings is 1. The van der Waals surface area contributed by atoms with Crippen molar-refractivity contribution in [3.63, 3.8) is 0 Å². The zero-order chi connectivity index (χ0) is 23.9. The summed E-state index contributed by atoms with van der Waals surface area (Å²) in [6.45, 7) is 4.01. The van der Waals surface area contributed by atoms with Gasteiger partial charge >= 0.3 is 6.01 Å². The van der Waals surface area contributed by atoms with Gasteiger partial charge in [0.15, 0.2) is 5.58 Å². The van der Waals surface area contributed by atoms with E-state index < -0.39 is 0 Å². The maximum Gasteiger partial charge on any atom is 0.302 e. The second-order valence-electron chi connectivity index (χ2n) is 9.34. The van der Waals surface area contributed by atoms with Crippen molar-refractivity contribution in [3.8, 4) is 6.07 Å². The van der Waals surface area contributed by atoms with Crippen molar-refractivity contribution in [2.24, 2.45) is 0 Å². The van der Waals surface area contributed by atoms with Crippen LogP contribution in [0.15, 0.2) is 39.7 Å². The van der Waals surface area contributed by atoms with Crippen LogP contribution >= 0.6 is 0 Å². The number of rotatable bonds is 4. The van der Waals surface area contributed by atoms with Gasteiger partial charge in [-0.15, -0.1) is 0 Å². The Morgan fingerprint density at radius 1 is 1.11 bits per heavy atom. The topological polar surface area (TPSA) is 116 Å². The third-order valence-electron chi connectivity index (χ3n) is 7.04. The van der Waals surface area contributed by atoms with Crippen molar-refractivity contribution in [2.75, 3.05) is 43.4 Å². The number of likely N-dealkylation sites (N-methyl/N-ethyl adjacent to an activating group) is 1. The fourth-order valence-corrected chi connectivity index (χ4v) is 5.09. The molecule has 1 saturated heterocycles. The summed E-state index contributed by atoms with van der Waals surface area (Å²) < 4.78 is 7.64. The van der Waals surface area contributed by atoms with Gasteiger partial charge in [0.05, 0.1) is 0 Å². The molecular weight excluding hydrogens is 444 g/mol. The number of nitrogens with one attached hydrogen (secondary N) is 1. The molecule has 6 rings (SSSR count). The summed E-state index contributed by atoms with van der Waals surface area (Å²) >= 11 is 0. The molecule has 1 aliphatic carbocycles. The predicted octanol–water partition coefficient (Wildman–Crippen LogP) is 3.41. The Balaban J connectivity index is 1.32. The smallest absolute Gasteiger partial charge is 0.302 e. The minimum Gasteiger partial charge on any atom is -0.423 e. The van der Waals surface area contributed by atoms with E-state index in [1.807, 2.05) is 18.2 Å². The van der Waals surface area contributed by atoms with Crippen molar-refractivity contribution in [1.29, 1.82) is 5.26 Å². The lowest BCUT2D eigenvalue weighted by atomic mass is 10.2. The van der Waals surface area contributed by atoms with Crippen molar-refractivity contribution < 1.29 is 4.42 Å². The zero-order valence-electron chi connectivity index (χ0n) is 19.6. The van der Waals surface area contributed by atoms with Gasteiger partial charge in [0.1, 0.15) is 22.8 Å². The summed E-state index contributed by atoms with van der Waals surface area (Å²) in [7, 11) is 2.14. The first-order chi connectivity index (χ1) is 17.1. The van der Waals surface area contributed by atoms with Crippen LogP contribution in [0.25, 0.3) is 22.1 Å². The largest absolute Gasteiger partial charge is 0.423 e. The third-order valence-corrected chi connectivity index (χ3v) is 7.04. The summed E-state index contributed by atoms with van der Waals surface area (Å²) in [4.78, 5) is 31.2. The molecule has 1 saturated carbocycles. The summed E-state index contributed by atoms with van der Waals surface area (Å²) in [5, 5.41) is 13.2. The number of piperazine rings is 1. The molecule has 0 radical (unpaired) electrons. The van der Waals surface area contributed by atoms with Gasteiger partial charge in [0.2, 0.25) is 5.95 Å². The number of oxazole rings is 1. The third kappa shape index (κ3) is 3.98. The highest BCUT2D eigenvalue weighted by atomic mass is 16.4. The Hall–Kier alpha value is -3.97. The van der Waals surface area contributed by atoms with Crippen molar-refractivity contribution in [2.45, 2.75) is 31.7 Å². The minimum atomic E-state index is -0.296. The van der Waals surface area contributed by atoms with E-state index in [0.717, 1.165) is 63.1 Å². The fourth-order valence-electron chi connectivity index (χ4n) is 5.09. The van der Waals surface area contributed by atoms with Crippen LogP contribution in [0, 0.1) is 11.3 Å². The van der Waals surface area contributed by atoms with Gasteiger partial charge in [0, 0.05) is 55.6 Å². The van der Waals surface area contributed by atoms with Crippen LogP contribution in [-0.4, -0.2) is 57.6 Å². The maximum absolute atomic E-state index is 13.0. The molecule has 0 unspecified atom stereocenters. The molecule has 2 aliphatic rings. The molecule has 10 heteroatoms. The molecule has 0 bridgehead atoms. The Labute approximate surface area is 201 Å². The number of nitrogens with zero attached hydrogens (tertiary/aromatic N) is 7. The SMILES string of the molecule is CN1CCN(c2ccc3nc(Nc4ncc5cc(C#N)c(=O)n(C6CCCC6)c5n4)oc3c2)CC1. The van der Waals surface area contributed by atoms with Crippen molar-refractivity contribution in [1.82, 2.24) is 24.4 Å². The first-order valence-corrected chi connectivity index (χ1v) is 12.0. The fraction of sp³-hybridized carbons (Fsp3) is 0.400. The number of aromatic nitrogens is 4. The number of fused-ring (bicyclic) bond motifs is 2. The molecule has 0 atom stereocenters. The van der Waals surface area contributed by atoms with Gasteiger partial charge in [-0.1, -0.05) is 12.8 Å². The number of benzene rings is 1. The number of nitriles is 1. The number of hydrogen-bond donors (Lipinski definition) is 1. The summed E-state index contributed by atoms with van der Waals surface area (Å²) in [6.07, 6.45) is 5.55. The Kier molecular flexibility index (Phi) is 5.34. The second-order valence-corrected chi connectivity index (χ2v) is 9.34. The van der Waals surface area contributed by atoms with Crippen LogP contribution in [0.1, 0.15) is 37.3 Å². The molecule has 1 N–H and O–H groups in total. The average Bonchev–Trinajstić information content (AvgIpc) is 3.53. The normalized spacial score (nSPS) is 17.3. The monoisotopic (exact) mass is 470 g/mol. The maximum atomic E-state index is 13.0. The minimum absolute atomic E-state index is 0.0402. The van der Waals surface area contributed by atoms with Gasteiger partial charge in [-0.05, 0) is 38.1 Å². The molecule has 3 aromatic heterocycles. The standard InChI is InChI=1S/C25H26N8O2/c1-31-8-10-32(11-9-31)19-6-7-20-21(13-19)35-25(28-20)30-24-27-15-17-12-16(14-26)23(34)33(22(17)29-24)18-4-2-3-5-18/h6-7,12-13,15,18H,2-5,8-11H2,1H3,(H,27,28,29,30). The zero-order valence-corrected chi connectivity index (χ0v) is 19.6. The van der Waals surface area contributed by atoms with Crippen molar-refractivity contribution in [3.05, 3.63) is 46.4 Å². The number of anilines is 3. The summed E-state index contributed by atoms with van der Waals surface area (Å²) in [5.74, 6) is 0.291. The Morgan fingerprint density at radius 3 is 2.69 bits per heavy atom. The van der Waals surface area contributed by atoms with E-state index >= 15 is 0 Å². The molecule has 4 heterocycles. The molecule has 10 nitrogen and oxygen atoms in total. The Morgan fingerprint density at radius 2 is 1.91 bits per heavy atom. The molecular formula is C25H26N8O2. The van der Waals surface area contributed by atoms with E-state index in [9.17, 15) is 10.1 Å². The molecule has 1 aliphatic heterocycles. The quantitative estimate of drug-likeness (QED) is 0.479. The van der Waals surface area contributed by atoms with E-state index in [4.69, 9.17) is 4.42 Å². The molecule has 0 amide bonds. The number of hydrogen-bond acceptors (Lipinski definition) is 9. The summed E-state index contributed by atoms with van der Waals surface area (Å²) in [5.41, 5.74) is 2.88. The van der Waals surface area contributed by atoms with Gasteiger partial charge < -0.3 is 14.2 Å². The highest BCUT2D eigenvalue weighted by molar-refractivity contribution is 5.80. The van der Waals surface area contributed by atoms with Crippen LogP contribution < -0.4 is 15.8 Å². The average molecular weight is 471 g/mol. The van der Waals surface area contributed by atoms with Crippen LogP contribution in [0.3, 0.4) is 0 Å². The first kappa shape index (κ1) is 21.6. The van der Waals surface area contributed by atoms with E-state index in [-0.39, 0.29) is 17.2 Å². The molecule has 4 aromatic rings. The lowest BCUT2D eigenvalue weighted by molar-refractivity contribution is 0.313. The molecule has 0 spiro atoms. The Bertz CT molecular complexity index is 1500. The predicted molar refractivity (Wildman–Crippen MR) is 133 cm³/mol. The van der Waals surface area contributed by atoms with E-state index in [1.54, 1.807) is 16.8 Å². The van der Waals surface area contributed by atoms with Crippen molar-refractivity contribution >= 4 is 39.8 Å². The summed E-state index contributed by atoms with van der Waals surface area (Å²) in [6, 6.07) is 9.95. The highest BCUT2D eigenvalue weighted by Crippen LogP contribution is 2.31. The lowest BCUT2D eigenvalue weighted by Gasteiger charge is -2.33. The molecule has 2 fully saturated rings. The van der Waals surface area contributed by atoms with Crippen LogP contribution in [0.5, 0.6) is 0 Å². The van der Waals surface area contributed by atoms with Gasteiger partial charge in [-0.2, -0.15) is 15.2 Å². The molecule has 35 heavy (non-hydrogen) atoms. The van der Waals surface area contributed by atoms with Gasteiger partial charge in [-0.3, -0.25) is 14.7 Å². The lowest BCUT2D eigenvalue weighted by Crippen LogP contribution is -2.44. The van der Waals surface area contributed by atoms with E-state index in [2.05, 4.69) is 43.2 Å². The first-order valence-electron chi connectivity index (χ1n) is 12.0. The van der Waals surface area contributed by atoms with Crippen LogP contribution in [0.4, 0.5) is 17.7 Å².